The molecule has 8 heteroatoms. The molecule has 2 amide bonds. The fraction of sp³-hybridized carbons (Fsp3) is 0.207. The molecule has 0 aliphatic carbocycles. The molecule has 0 fully saturated rings. The number of rotatable bonds is 10. The van der Waals surface area contributed by atoms with E-state index < -0.39 is 17.6 Å². The van der Waals surface area contributed by atoms with Crippen LogP contribution in [0.25, 0.3) is 16.9 Å². The van der Waals surface area contributed by atoms with Gasteiger partial charge in [0.05, 0.1) is 24.1 Å². The molecule has 0 atom stereocenters. The number of nitrogens with one attached hydrogen (secondary N) is 1. The third-order valence-electron chi connectivity index (χ3n) is 5.87. The summed E-state index contributed by atoms with van der Waals surface area (Å²) in [5.74, 6) is -0.393. The van der Waals surface area contributed by atoms with Gasteiger partial charge in [-0.25, -0.2) is 9.07 Å². The minimum Gasteiger partial charge on any atom is -0.497 e. The Morgan fingerprint density at radius 1 is 1.00 bits per heavy atom. The van der Waals surface area contributed by atoms with Crippen molar-refractivity contribution in [1.82, 2.24) is 14.7 Å². The quantitative estimate of drug-likeness (QED) is 0.309. The van der Waals surface area contributed by atoms with Crippen LogP contribution in [-0.4, -0.2) is 46.7 Å². The number of nitrogens with zero attached hydrogens (tertiary/aromatic N) is 3. The Kier molecular flexibility index (Phi) is 8.30. The molecule has 0 radical (unpaired) electrons. The molecular formula is C29H29FN4O3. The van der Waals surface area contributed by atoms with Crippen LogP contribution in [0.1, 0.15) is 30.1 Å². The van der Waals surface area contributed by atoms with Gasteiger partial charge in [0.2, 0.25) is 5.91 Å². The number of ether oxygens (including phenoxy) is 1. The van der Waals surface area contributed by atoms with Crippen LogP contribution in [-0.2, 0) is 4.79 Å². The van der Waals surface area contributed by atoms with E-state index in [0.717, 1.165) is 17.7 Å². The summed E-state index contributed by atoms with van der Waals surface area (Å²) in [6.45, 7) is 2.11. The molecule has 0 spiro atoms. The van der Waals surface area contributed by atoms with Gasteiger partial charge in [0, 0.05) is 18.2 Å². The van der Waals surface area contributed by atoms with E-state index in [1.165, 1.54) is 23.1 Å². The van der Waals surface area contributed by atoms with Crippen molar-refractivity contribution >= 4 is 17.6 Å². The lowest BCUT2D eigenvalue weighted by atomic mass is 10.1. The normalized spacial score (nSPS) is 10.7. The third-order valence-corrected chi connectivity index (χ3v) is 5.87. The van der Waals surface area contributed by atoms with E-state index in [0.29, 0.717) is 30.2 Å². The summed E-state index contributed by atoms with van der Waals surface area (Å²) < 4.78 is 21.2. The molecule has 4 aromatic rings. The molecule has 1 N–H and O–H groups in total. The van der Waals surface area contributed by atoms with Crippen LogP contribution in [0.4, 0.5) is 10.2 Å². The Morgan fingerprint density at radius 2 is 1.70 bits per heavy atom. The van der Waals surface area contributed by atoms with Crippen molar-refractivity contribution in [3.05, 3.63) is 96.3 Å². The first-order valence-electron chi connectivity index (χ1n) is 12.1. The van der Waals surface area contributed by atoms with Gasteiger partial charge in [-0.05, 0) is 42.8 Å². The summed E-state index contributed by atoms with van der Waals surface area (Å²) in [4.78, 5) is 27.6. The number of benzene rings is 3. The van der Waals surface area contributed by atoms with Crippen LogP contribution < -0.4 is 10.1 Å². The van der Waals surface area contributed by atoms with E-state index in [9.17, 15) is 14.0 Å². The van der Waals surface area contributed by atoms with Gasteiger partial charge in [-0.1, -0.05) is 55.8 Å². The molecular weight excluding hydrogens is 471 g/mol. The lowest BCUT2D eigenvalue weighted by Crippen LogP contribution is -2.39. The van der Waals surface area contributed by atoms with Gasteiger partial charge in [-0.3, -0.25) is 9.59 Å². The van der Waals surface area contributed by atoms with Crippen molar-refractivity contribution in [2.24, 2.45) is 0 Å². The number of carbonyl (C=O) groups is 2. The SMILES string of the molecule is CCCCN(CC(=O)Nc1cc(-c2ccccc2)nn1-c1ccc(OC)cc1)C(=O)c1ccccc1F. The van der Waals surface area contributed by atoms with Crippen LogP contribution in [0.15, 0.2) is 84.9 Å². The molecule has 0 saturated carbocycles. The van der Waals surface area contributed by atoms with Gasteiger partial charge in [-0.15, -0.1) is 0 Å². The molecule has 1 aromatic heterocycles. The van der Waals surface area contributed by atoms with Crippen molar-refractivity contribution in [2.45, 2.75) is 19.8 Å². The zero-order valence-electron chi connectivity index (χ0n) is 20.9. The Morgan fingerprint density at radius 3 is 2.38 bits per heavy atom. The predicted octanol–water partition coefficient (Wildman–Crippen LogP) is 5.57. The van der Waals surface area contributed by atoms with Gasteiger partial charge in [0.25, 0.3) is 5.91 Å². The van der Waals surface area contributed by atoms with Gasteiger partial charge >= 0.3 is 0 Å². The van der Waals surface area contributed by atoms with Crippen molar-refractivity contribution in [2.75, 3.05) is 25.5 Å². The molecule has 4 rings (SSSR count). The molecule has 0 bridgehead atoms. The fourth-order valence-electron chi connectivity index (χ4n) is 3.90. The summed E-state index contributed by atoms with van der Waals surface area (Å²) in [5.41, 5.74) is 2.24. The number of carbonyl (C=O) groups excluding carboxylic acids is 2. The van der Waals surface area contributed by atoms with Gasteiger partial charge in [0.15, 0.2) is 0 Å². The van der Waals surface area contributed by atoms with E-state index in [-0.39, 0.29) is 12.1 Å². The van der Waals surface area contributed by atoms with E-state index in [2.05, 4.69) is 5.32 Å². The summed E-state index contributed by atoms with van der Waals surface area (Å²) in [5, 5.41) is 7.61. The predicted molar refractivity (Wildman–Crippen MR) is 141 cm³/mol. The number of methoxy groups -OCH3 is 1. The minimum atomic E-state index is -0.612. The van der Waals surface area contributed by atoms with Crippen molar-refractivity contribution in [3.8, 4) is 22.7 Å². The minimum absolute atomic E-state index is 0.0546. The zero-order chi connectivity index (χ0) is 26.2. The van der Waals surface area contributed by atoms with Crippen LogP contribution in [0.5, 0.6) is 5.75 Å². The number of anilines is 1. The summed E-state index contributed by atoms with van der Waals surface area (Å²) in [6, 6.07) is 24.5. The highest BCUT2D eigenvalue weighted by Crippen LogP contribution is 2.26. The van der Waals surface area contributed by atoms with Crippen molar-refractivity contribution in [3.63, 3.8) is 0 Å². The molecule has 0 aliphatic rings. The molecule has 190 valence electrons. The van der Waals surface area contributed by atoms with Crippen LogP contribution >= 0.6 is 0 Å². The fourth-order valence-corrected chi connectivity index (χ4v) is 3.90. The first-order chi connectivity index (χ1) is 18.0. The Labute approximate surface area is 215 Å². The second-order valence-electron chi connectivity index (χ2n) is 8.50. The second kappa shape index (κ2) is 12.0. The van der Waals surface area contributed by atoms with Gasteiger partial charge in [0.1, 0.15) is 23.9 Å². The molecule has 0 saturated heterocycles. The second-order valence-corrected chi connectivity index (χ2v) is 8.50. The third kappa shape index (κ3) is 6.22. The number of amides is 2. The molecule has 3 aromatic carbocycles. The lowest BCUT2D eigenvalue weighted by Gasteiger charge is -2.22. The van der Waals surface area contributed by atoms with Crippen molar-refractivity contribution < 1.29 is 18.7 Å². The Hall–Kier alpha value is -4.46. The van der Waals surface area contributed by atoms with Crippen LogP contribution in [0, 0.1) is 5.82 Å². The molecule has 37 heavy (non-hydrogen) atoms. The number of hydrogen-bond acceptors (Lipinski definition) is 4. The maximum absolute atomic E-state index is 14.3. The number of hydrogen-bond donors (Lipinski definition) is 1. The molecule has 7 nitrogen and oxygen atoms in total. The summed E-state index contributed by atoms with van der Waals surface area (Å²) in [6.07, 6.45) is 1.52. The topological polar surface area (TPSA) is 76.5 Å². The summed E-state index contributed by atoms with van der Waals surface area (Å²) >= 11 is 0. The largest absolute Gasteiger partial charge is 0.497 e. The van der Waals surface area contributed by atoms with Crippen LogP contribution in [0.2, 0.25) is 0 Å². The average molecular weight is 501 g/mol. The Bertz CT molecular complexity index is 1350. The lowest BCUT2D eigenvalue weighted by molar-refractivity contribution is -0.117. The number of unbranched alkanes of at least 4 members (excludes halogenated alkanes) is 1. The Balaban J connectivity index is 1.61. The maximum atomic E-state index is 14.3. The van der Waals surface area contributed by atoms with E-state index in [1.54, 1.807) is 23.9 Å². The van der Waals surface area contributed by atoms with Crippen molar-refractivity contribution in [1.29, 1.82) is 0 Å². The molecule has 0 unspecified atom stereocenters. The highest BCUT2D eigenvalue weighted by Gasteiger charge is 2.22. The monoisotopic (exact) mass is 500 g/mol. The first kappa shape index (κ1) is 25.6. The van der Waals surface area contributed by atoms with Crippen LogP contribution in [0.3, 0.4) is 0 Å². The molecule has 0 aliphatic heterocycles. The number of aromatic nitrogens is 2. The summed E-state index contributed by atoms with van der Waals surface area (Å²) in [7, 11) is 1.59. The van der Waals surface area contributed by atoms with E-state index in [1.807, 2.05) is 61.5 Å². The smallest absolute Gasteiger partial charge is 0.257 e. The van der Waals surface area contributed by atoms with E-state index in [4.69, 9.17) is 9.84 Å². The highest BCUT2D eigenvalue weighted by atomic mass is 19.1. The standard InChI is InChI=1S/C29H29FN4O3/c1-3-4-18-33(29(36)24-12-8-9-13-25(24)30)20-28(35)31-27-19-26(21-10-6-5-7-11-21)32-34(27)22-14-16-23(37-2)17-15-22/h5-17,19H,3-4,18,20H2,1-2H3,(H,31,35). The zero-order valence-corrected chi connectivity index (χ0v) is 20.9. The van der Waals surface area contributed by atoms with Gasteiger partial charge < -0.3 is 15.0 Å². The number of halogens is 1. The maximum Gasteiger partial charge on any atom is 0.257 e. The average Bonchev–Trinajstić information content (AvgIpc) is 3.35. The molecule has 1 heterocycles. The van der Waals surface area contributed by atoms with Gasteiger partial charge in [-0.2, -0.15) is 5.10 Å². The first-order valence-corrected chi connectivity index (χ1v) is 12.1. The van der Waals surface area contributed by atoms with E-state index >= 15 is 0 Å². The highest BCUT2D eigenvalue weighted by molar-refractivity contribution is 5.99.